The molecule has 1 saturated carbocycles. The first-order valence-corrected chi connectivity index (χ1v) is 6.57. The molecule has 1 aliphatic rings. The van der Waals surface area contributed by atoms with E-state index in [1.165, 1.54) is 0 Å². The highest BCUT2D eigenvalue weighted by Crippen LogP contribution is 2.45. The maximum atomic E-state index is 12.2. The molecule has 0 unspecified atom stereocenters. The summed E-state index contributed by atoms with van der Waals surface area (Å²) < 4.78 is 0.842. The van der Waals surface area contributed by atoms with E-state index in [0.29, 0.717) is 12.1 Å². The lowest BCUT2D eigenvalue weighted by Gasteiger charge is -2.23. The Bertz CT molecular complexity index is 429. The lowest BCUT2D eigenvalue weighted by molar-refractivity contribution is 0.0765. The fraction of sp³-hybridized carbons (Fsp3) is 0.462. The van der Waals surface area contributed by atoms with Crippen molar-refractivity contribution in [3.8, 4) is 0 Å². The molecule has 1 fully saturated rings. The second-order valence-corrected chi connectivity index (χ2v) is 5.70. The fourth-order valence-electron chi connectivity index (χ4n) is 2.02. The Morgan fingerprint density at radius 1 is 1.47 bits per heavy atom. The average Bonchev–Trinajstić information content (AvgIpc) is 3.09. The normalized spacial score (nSPS) is 16.6. The number of hydrogen-bond acceptors (Lipinski definition) is 2. The van der Waals surface area contributed by atoms with Crippen LogP contribution in [0.2, 0.25) is 0 Å². The maximum Gasteiger partial charge on any atom is 0.254 e. The number of hydrogen-bond donors (Lipinski definition) is 1. The Morgan fingerprint density at radius 2 is 2.12 bits per heavy atom. The van der Waals surface area contributed by atoms with Crippen molar-refractivity contribution in [3.63, 3.8) is 0 Å². The minimum Gasteiger partial charge on any atom is -0.341 e. The van der Waals surface area contributed by atoms with Gasteiger partial charge in [-0.25, -0.2) is 0 Å². The van der Waals surface area contributed by atoms with Crippen LogP contribution in [0.15, 0.2) is 28.7 Å². The fourth-order valence-corrected chi connectivity index (χ4v) is 2.47. The monoisotopic (exact) mass is 296 g/mol. The second-order valence-electron chi connectivity index (χ2n) is 4.85. The van der Waals surface area contributed by atoms with Crippen LogP contribution in [0.5, 0.6) is 0 Å². The summed E-state index contributed by atoms with van der Waals surface area (Å²) in [4.78, 5) is 14.0. The van der Waals surface area contributed by atoms with Crippen molar-refractivity contribution >= 4 is 21.8 Å². The number of carbonyl (C=O) groups is 1. The molecule has 0 bridgehead atoms. The molecule has 0 radical (unpaired) electrons. The van der Waals surface area contributed by atoms with E-state index in [0.717, 1.165) is 23.9 Å². The average molecular weight is 297 g/mol. The summed E-state index contributed by atoms with van der Waals surface area (Å²) in [5, 5.41) is 0. The van der Waals surface area contributed by atoms with Crippen LogP contribution in [0.25, 0.3) is 0 Å². The van der Waals surface area contributed by atoms with Gasteiger partial charge in [0.25, 0.3) is 5.91 Å². The number of benzene rings is 1. The molecular weight excluding hydrogens is 280 g/mol. The summed E-state index contributed by atoms with van der Waals surface area (Å²) in [7, 11) is 1.84. The van der Waals surface area contributed by atoms with E-state index in [2.05, 4.69) is 15.9 Å². The highest BCUT2D eigenvalue weighted by molar-refractivity contribution is 9.10. The number of nitrogens with two attached hydrogens (primary N) is 1. The van der Waals surface area contributed by atoms with Crippen molar-refractivity contribution in [3.05, 3.63) is 34.3 Å². The van der Waals surface area contributed by atoms with Crippen molar-refractivity contribution < 1.29 is 4.79 Å². The first kappa shape index (κ1) is 12.6. The van der Waals surface area contributed by atoms with Crippen LogP contribution < -0.4 is 5.73 Å². The molecule has 4 heteroatoms. The predicted octanol–water partition coefficient (Wildman–Crippen LogP) is 2.26. The highest BCUT2D eigenvalue weighted by Gasteiger charge is 2.42. The number of amides is 1. The van der Waals surface area contributed by atoms with Gasteiger partial charge >= 0.3 is 0 Å². The van der Waals surface area contributed by atoms with Crippen molar-refractivity contribution in [2.45, 2.75) is 12.8 Å². The molecule has 1 aromatic rings. The summed E-state index contributed by atoms with van der Waals surface area (Å²) >= 11 is 3.41. The quantitative estimate of drug-likeness (QED) is 0.926. The number of carbonyl (C=O) groups excluding carboxylic acids is 1. The van der Waals surface area contributed by atoms with Crippen molar-refractivity contribution in [1.82, 2.24) is 4.90 Å². The zero-order valence-electron chi connectivity index (χ0n) is 9.95. The summed E-state index contributed by atoms with van der Waals surface area (Å²) in [6.07, 6.45) is 2.27. The smallest absolute Gasteiger partial charge is 0.254 e. The summed E-state index contributed by atoms with van der Waals surface area (Å²) in [5.74, 6) is 0.0530. The maximum absolute atomic E-state index is 12.2. The third kappa shape index (κ3) is 2.69. The first-order valence-electron chi connectivity index (χ1n) is 5.78. The van der Waals surface area contributed by atoms with E-state index in [1.807, 2.05) is 31.3 Å². The van der Waals surface area contributed by atoms with Gasteiger partial charge in [-0.2, -0.15) is 0 Å². The van der Waals surface area contributed by atoms with Crippen LogP contribution in [0, 0.1) is 5.41 Å². The summed E-state index contributed by atoms with van der Waals surface area (Å²) in [5.41, 5.74) is 6.64. The highest BCUT2D eigenvalue weighted by atomic mass is 79.9. The molecule has 0 aromatic heterocycles. The zero-order chi connectivity index (χ0) is 12.5. The van der Waals surface area contributed by atoms with Crippen LogP contribution >= 0.6 is 15.9 Å². The molecule has 3 nitrogen and oxygen atoms in total. The molecule has 1 amide bonds. The van der Waals surface area contributed by atoms with Gasteiger partial charge in [-0.1, -0.05) is 12.1 Å². The topological polar surface area (TPSA) is 46.3 Å². The van der Waals surface area contributed by atoms with Gasteiger partial charge in [0.2, 0.25) is 0 Å². The third-order valence-electron chi connectivity index (χ3n) is 3.41. The minimum absolute atomic E-state index is 0.0530. The van der Waals surface area contributed by atoms with Crippen molar-refractivity contribution in [2.24, 2.45) is 11.1 Å². The molecule has 0 atom stereocenters. The lowest BCUT2D eigenvalue weighted by atomic mass is 10.1. The first-order chi connectivity index (χ1) is 8.08. The van der Waals surface area contributed by atoms with Crippen LogP contribution in [-0.2, 0) is 0 Å². The number of rotatable bonds is 4. The molecule has 92 valence electrons. The molecule has 1 aliphatic carbocycles. The SMILES string of the molecule is CN(CC1(CN)CC1)C(=O)c1ccccc1Br. The molecule has 1 aromatic carbocycles. The molecule has 0 saturated heterocycles. The Kier molecular flexibility index (Phi) is 3.54. The molecular formula is C13H17BrN2O. The Labute approximate surface area is 110 Å². The van der Waals surface area contributed by atoms with Gasteiger partial charge in [0.05, 0.1) is 5.56 Å². The van der Waals surface area contributed by atoms with E-state index >= 15 is 0 Å². The van der Waals surface area contributed by atoms with Crippen molar-refractivity contribution in [2.75, 3.05) is 20.1 Å². The van der Waals surface area contributed by atoms with Gasteiger partial charge in [0.1, 0.15) is 0 Å². The zero-order valence-corrected chi connectivity index (χ0v) is 11.5. The Morgan fingerprint density at radius 3 is 2.65 bits per heavy atom. The molecule has 17 heavy (non-hydrogen) atoms. The predicted molar refractivity (Wildman–Crippen MR) is 71.8 cm³/mol. The molecule has 0 heterocycles. The van der Waals surface area contributed by atoms with Crippen molar-refractivity contribution in [1.29, 1.82) is 0 Å². The molecule has 2 rings (SSSR count). The van der Waals surface area contributed by atoms with E-state index < -0.39 is 0 Å². The standard InChI is InChI=1S/C13H17BrN2O/c1-16(9-13(8-15)6-7-13)12(17)10-4-2-3-5-11(10)14/h2-5H,6-9,15H2,1H3. The van der Waals surface area contributed by atoms with Gasteiger partial charge in [-0.05, 0) is 47.4 Å². The van der Waals surface area contributed by atoms with E-state index in [4.69, 9.17) is 5.73 Å². The van der Waals surface area contributed by atoms with Crippen LogP contribution in [0.3, 0.4) is 0 Å². The Hall–Kier alpha value is -0.870. The second kappa shape index (κ2) is 4.78. The molecule has 2 N–H and O–H groups in total. The van der Waals surface area contributed by atoms with E-state index in [1.54, 1.807) is 4.90 Å². The number of nitrogens with zero attached hydrogens (tertiary/aromatic N) is 1. The minimum atomic E-state index is 0.0530. The van der Waals surface area contributed by atoms with Gasteiger partial charge < -0.3 is 10.6 Å². The van der Waals surface area contributed by atoms with Crippen LogP contribution in [0.1, 0.15) is 23.2 Å². The van der Waals surface area contributed by atoms with Gasteiger partial charge in [-0.3, -0.25) is 4.79 Å². The molecule has 0 aliphatic heterocycles. The van der Waals surface area contributed by atoms with Gasteiger partial charge in [0.15, 0.2) is 0 Å². The van der Waals surface area contributed by atoms with E-state index in [-0.39, 0.29) is 11.3 Å². The summed E-state index contributed by atoms with van der Waals surface area (Å²) in [6, 6.07) is 7.51. The van der Waals surface area contributed by atoms with Gasteiger partial charge in [0, 0.05) is 23.5 Å². The Balaban J connectivity index is 2.07. The van der Waals surface area contributed by atoms with Crippen LogP contribution in [0.4, 0.5) is 0 Å². The lowest BCUT2D eigenvalue weighted by Crippen LogP contribution is -2.35. The van der Waals surface area contributed by atoms with Gasteiger partial charge in [-0.15, -0.1) is 0 Å². The summed E-state index contributed by atoms with van der Waals surface area (Å²) in [6.45, 7) is 1.42. The molecule has 0 spiro atoms. The van der Waals surface area contributed by atoms with Crippen LogP contribution in [-0.4, -0.2) is 30.9 Å². The van der Waals surface area contributed by atoms with E-state index in [9.17, 15) is 4.79 Å². The third-order valence-corrected chi connectivity index (χ3v) is 4.11. The largest absolute Gasteiger partial charge is 0.341 e. The number of halogens is 1.